The normalized spacial score (nSPS) is 18.6. The number of pyridine rings is 2. The van der Waals surface area contributed by atoms with Crippen LogP contribution in [0.4, 0.5) is 19.4 Å². The molecule has 13 heteroatoms. The largest absolute Gasteiger partial charge is 0.494 e. The lowest BCUT2D eigenvalue weighted by molar-refractivity contribution is -0.125. The van der Waals surface area contributed by atoms with Gasteiger partial charge in [-0.3, -0.25) is 14.9 Å². The van der Waals surface area contributed by atoms with Crippen LogP contribution in [0.5, 0.6) is 5.75 Å². The number of benzene rings is 1. The number of hydrogen-bond acceptors (Lipinski definition) is 8. The third-order valence-electron chi connectivity index (χ3n) is 6.58. The van der Waals surface area contributed by atoms with Gasteiger partial charge in [-0.2, -0.15) is 0 Å². The van der Waals surface area contributed by atoms with Crippen LogP contribution in [0.2, 0.25) is 0 Å². The Kier molecular flexibility index (Phi) is 5.05. The van der Waals surface area contributed by atoms with E-state index < -0.39 is 41.6 Å². The number of imide groups is 1. The van der Waals surface area contributed by atoms with Crippen LogP contribution in [-0.2, 0) is 16.9 Å². The Morgan fingerprint density at radius 3 is 2.68 bits per heavy atom. The van der Waals surface area contributed by atoms with Crippen molar-refractivity contribution in [3.63, 3.8) is 0 Å². The van der Waals surface area contributed by atoms with Gasteiger partial charge in [0.25, 0.3) is 11.8 Å². The fourth-order valence-electron chi connectivity index (χ4n) is 4.72. The lowest BCUT2D eigenvalue weighted by Crippen LogP contribution is -2.52. The Hall–Kier alpha value is -5.07. The first kappa shape index (κ1) is 23.3. The highest BCUT2D eigenvalue weighted by atomic mass is 19.1. The number of nitrogen functional groups attached to an aromatic ring is 1. The molecule has 2 aliphatic rings. The van der Waals surface area contributed by atoms with Crippen molar-refractivity contribution in [1.82, 2.24) is 25.5 Å². The molecule has 1 atom stereocenters. The summed E-state index contributed by atoms with van der Waals surface area (Å²) in [5.41, 5.74) is 4.46. The lowest BCUT2D eigenvalue weighted by atomic mass is 9.95. The van der Waals surface area contributed by atoms with E-state index in [2.05, 4.69) is 20.6 Å². The maximum absolute atomic E-state index is 14.9. The van der Waals surface area contributed by atoms with E-state index in [1.165, 1.54) is 36.4 Å². The second kappa shape index (κ2) is 8.23. The number of carbonyl (C=O) groups excluding carboxylic acids is 3. The second-order valence-corrected chi connectivity index (χ2v) is 8.88. The van der Waals surface area contributed by atoms with Crippen LogP contribution in [-0.4, -0.2) is 46.4 Å². The molecule has 1 saturated heterocycles. The molecule has 4 N–H and O–H groups in total. The molecule has 0 saturated carbocycles. The molecular weight excluding hydrogens is 502 g/mol. The Labute approximate surface area is 212 Å². The minimum atomic E-state index is -1.88. The zero-order valence-corrected chi connectivity index (χ0v) is 19.7. The zero-order valence-electron chi connectivity index (χ0n) is 19.7. The summed E-state index contributed by atoms with van der Waals surface area (Å²) in [6.45, 7) is -0.418. The molecule has 4 amide bonds. The van der Waals surface area contributed by atoms with E-state index in [9.17, 15) is 23.2 Å². The smallest absolute Gasteiger partial charge is 0.322 e. The minimum absolute atomic E-state index is 0.00444. The highest BCUT2D eigenvalue weighted by Gasteiger charge is 2.53. The number of nitrogens with zero attached hydrogens (tertiary/aromatic N) is 3. The first-order valence-corrected chi connectivity index (χ1v) is 11.3. The van der Waals surface area contributed by atoms with Crippen LogP contribution in [0.3, 0.4) is 0 Å². The van der Waals surface area contributed by atoms with Gasteiger partial charge in [-0.15, -0.1) is 0 Å². The Bertz CT molecular complexity index is 1670. The lowest BCUT2D eigenvalue weighted by Gasteiger charge is -2.28. The van der Waals surface area contributed by atoms with Crippen molar-refractivity contribution < 1.29 is 32.3 Å². The molecule has 1 fully saturated rings. The van der Waals surface area contributed by atoms with Gasteiger partial charge in [0.2, 0.25) is 0 Å². The number of methoxy groups -OCH3 is 1. The van der Waals surface area contributed by atoms with Gasteiger partial charge < -0.3 is 25.1 Å². The van der Waals surface area contributed by atoms with Crippen LogP contribution in [0.15, 0.2) is 47.0 Å². The average Bonchev–Trinajstić information content (AvgIpc) is 3.53. The quantitative estimate of drug-likeness (QED) is 0.339. The topological polar surface area (TPSA) is 153 Å². The van der Waals surface area contributed by atoms with E-state index in [1.54, 1.807) is 12.1 Å². The van der Waals surface area contributed by atoms with E-state index in [4.69, 9.17) is 14.9 Å². The second-order valence-electron chi connectivity index (χ2n) is 8.88. The maximum atomic E-state index is 14.9. The van der Waals surface area contributed by atoms with Crippen LogP contribution in [0.1, 0.15) is 21.7 Å². The molecule has 0 unspecified atom stereocenters. The number of nitrogens with two attached hydrogens (primary N) is 1. The predicted octanol–water partition coefficient (Wildman–Crippen LogP) is 2.45. The summed E-state index contributed by atoms with van der Waals surface area (Å²) in [5.74, 6) is -2.96. The van der Waals surface area contributed by atoms with Gasteiger partial charge in [-0.1, -0.05) is 6.07 Å². The summed E-state index contributed by atoms with van der Waals surface area (Å²) in [5, 5.41) is 4.67. The third-order valence-corrected chi connectivity index (χ3v) is 6.58. The van der Waals surface area contributed by atoms with Gasteiger partial charge in [-0.05, 0) is 23.8 Å². The predicted molar refractivity (Wildman–Crippen MR) is 128 cm³/mol. The van der Waals surface area contributed by atoms with Crippen LogP contribution in [0.25, 0.3) is 22.4 Å². The number of urea groups is 1. The highest BCUT2D eigenvalue weighted by molar-refractivity contribution is 6.08. The fraction of sp³-hybridized carbons (Fsp3) is 0.160. The summed E-state index contributed by atoms with van der Waals surface area (Å²) in [7, 11) is 1.28. The number of aromatic nitrogens is 2. The number of ether oxygens (including phenoxy) is 1. The standard InChI is InChI=1S/C25H18F2N6O5/c1-37-15-4-2-12-9-33(22(34)19(12)20(15)27)10-25(23(35)31-24(36)32-25)17-7-14-16(38-17)6-13(26)21(30-14)11-3-5-18(28)29-8-11/h2-8H,9-10H2,1H3,(H2,28,29)(H2,31,32,35,36)/t25-/m1/s1. The van der Waals surface area contributed by atoms with Crippen molar-refractivity contribution in [2.24, 2.45) is 0 Å². The molecule has 4 aromatic rings. The van der Waals surface area contributed by atoms with Gasteiger partial charge in [0.15, 0.2) is 28.5 Å². The number of halogens is 2. The molecule has 5 heterocycles. The SMILES string of the molecule is COc1ccc2c(c1F)C(=O)N(C[C@]1(c3cc4nc(-c5ccc(N)nc5)c(F)cc4o3)NC(=O)NC1=O)C2. The zero-order chi connectivity index (χ0) is 26.8. The van der Waals surface area contributed by atoms with Crippen molar-refractivity contribution in [3.8, 4) is 17.0 Å². The Morgan fingerprint density at radius 2 is 2.00 bits per heavy atom. The number of nitrogens with one attached hydrogen (secondary N) is 2. The van der Waals surface area contributed by atoms with Crippen molar-refractivity contribution in [3.05, 3.63) is 71.1 Å². The fourth-order valence-corrected chi connectivity index (χ4v) is 4.72. The summed E-state index contributed by atoms with van der Waals surface area (Å²) >= 11 is 0. The monoisotopic (exact) mass is 520 g/mol. The molecule has 0 aliphatic carbocycles. The van der Waals surface area contributed by atoms with E-state index in [-0.39, 0.29) is 46.2 Å². The van der Waals surface area contributed by atoms with Gasteiger partial charge in [0.1, 0.15) is 22.8 Å². The molecule has 38 heavy (non-hydrogen) atoms. The number of fused-ring (bicyclic) bond motifs is 2. The number of carbonyl (C=O) groups is 3. The molecule has 11 nitrogen and oxygen atoms in total. The van der Waals surface area contributed by atoms with E-state index in [0.717, 1.165) is 6.07 Å². The van der Waals surface area contributed by atoms with E-state index in [0.29, 0.717) is 11.1 Å². The molecule has 6 rings (SSSR count). The molecule has 0 bridgehead atoms. The van der Waals surface area contributed by atoms with Crippen LogP contribution >= 0.6 is 0 Å². The Morgan fingerprint density at radius 1 is 1.18 bits per heavy atom. The Balaban J connectivity index is 1.41. The number of rotatable bonds is 5. The number of amides is 4. The highest BCUT2D eigenvalue weighted by Crippen LogP contribution is 2.37. The van der Waals surface area contributed by atoms with Gasteiger partial charge in [0, 0.05) is 30.4 Å². The molecule has 2 aliphatic heterocycles. The van der Waals surface area contributed by atoms with Gasteiger partial charge in [0.05, 0.1) is 19.2 Å². The molecule has 0 radical (unpaired) electrons. The third kappa shape index (κ3) is 3.43. The average molecular weight is 520 g/mol. The van der Waals surface area contributed by atoms with E-state index >= 15 is 0 Å². The van der Waals surface area contributed by atoms with Gasteiger partial charge >= 0.3 is 6.03 Å². The molecule has 3 aromatic heterocycles. The first-order valence-electron chi connectivity index (χ1n) is 11.3. The first-order chi connectivity index (χ1) is 18.2. The maximum Gasteiger partial charge on any atom is 0.322 e. The van der Waals surface area contributed by atoms with Crippen molar-refractivity contribution in [1.29, 1.82) is 0 Å². The summed E-state index contributed by atoms with van der Waals surface area (Å²) in [4.78, 5) is 48.0. The van der Waals surface area contributed by atoms with Crippen LogP contribution in [0, 0.1) is 11.6 Å². The number of furan rings is 1. The minimum Gasteiger partial charge on any atom is -0.494 e. The summed E-state index contributed by atoms with van der Waals surface area (Å²) in [6.07, 6.45) is 1.37. The van der Waals surface area contributed by atoms with Gasteiger partial charge in [-0.25, -0.2) is 23.5 Å². The van der Waals surface area contributed by atoms with Crippen molar-refractivity contribution >= 4 is 34.8 Å². The molecular formula is C25H18F2N6O5. The number of hydrogen-bond donors (Lipinski definition) is 3. The molecule has 192 valence electrons. The summed E-state index contributed by atoms with van der Waals surface area (Å²) < 4.78 is 40.5. The molecule has 1 aromatic carbocycles. The molecule has 0 spiro atoms. The summed E-state index contributed by atoms with van der Waals surface area (Å²) in [6, 6.07) is 7.66. The van der Waals surface area contributed by atoms with E-state index in [1.807, 2.05) is 0 Å². The van der Waals surface area contributed by atoms with Crippen molar-refractivity contribution in [2.75, 3.05) is 19.4 Å². The van der Waals surface area contributed by atoms with Crippen molar-refractivity contribution in [2.45, 2.75) is 12.1 Å². The van der Waals surface area contributed by atoms with Crippen LogP contribution < -0.4 is 21.1 Å². The number of anilines is 1.